The van der Waals surface area contributed by atoms with Gasteiger partial charge in [-0.15, -0.1) is 11.3 Å². The fourth-order valence-corrected chi connectivity index (χ4v) is 2.74. The van der Waals surface area contributed by atoms with Crippen molar-refractivity contribution in [2.75, 3.05) is 11.9 Å². The average molecular weight is 322 g/mol. The van der Waals surface area contributed by atoms with Crippen LogP contribution in [0, 0.1) is 18.3 Å². The first-order valence-electron chi connectivity index (χ1n) is 5.53. The van der Waals surface area contributed by atoms with Crippen molar-refractivity contribution in [1.82, 2.24) is 4.98 Å². The van der Waals surface area contributed by atoms with Crippen LogP contribution in [0.4, 0.5) is 5.69 Å². The fourth-order valence-electron chi connectivity index (χ4n) is 1.58. The SMILES string of the molecule is Cc1nc(CCNc2ccc(C#N)cc2Br)cs1. The van der Waals surface area contributed by atoms with Gasteiger partial charge in [0.2, 0.25) is 0 Å². The first kappa shape index (κ1) is 13.1. The summed E-state index contributed by atoms with van der Waals surface area (Å²) in [6, 6.07) is 7.65. The normalized spacial score (nSPS) is 10.1. The Hall–Kier alpha value is -1.38. The van der Waals surface area contributed by atoms with E-state index < -0.39 is 0 Å². The molecular formula is C13H12BrN3S. The second-order valence-electron chi connectivity index (χ2n) is 3.84. The lowest BCUT2D eigenvalue weighted by atomic mass is 10.2. The molecule has 0 aliphatic rings. The lowest BCUT2D eigenvalue weighted by Gasteiger charge is -2.07. The highest BCUT2D eigenvalue weighted by atomic mass is 79.9. The number of benzene rings is 1. The van der Waals surface area contributed by atoms with E-state index in [1.165, 1.54) is 0 Å². The number of aromatic nitrogens is 1. The minimum atomic E-state index is 0.655. The molecule has 0 bridgehead atoms. The summed E-state index contributed by atoms with van der Waals surface area (Å²) in [6.07, 6.45) is 0.900. The third kappa shape index (κ3) is 3.31. The van der Waals surface area contributed by atoms with Crippen molar-refractivity contribution in [3.05, 3.63) is 44.3 Å². The molecule has 0 saturated heterocycles. The lowest BCUT2D eigenvalue weighted by Crippen LogP contribution is -2.05. The van der Waals surface area contributed by atoms with Crippen LogP contribution < -0.4 is 5.32 Å². The predicted molar refractivity (Wildman–Crippen MR) is 77.9 cm³/mol. The van der Waals surface area contributed by atoms with Gasteiger partial charge in [-0.3, -0.25) is 0 Å². The largest absolute Gasteiger partial charge is 0.384 e. The van der Waals surface area contributed by atoms with E-state index in [0.717, 1.165) is 33.8 Å². The molecule has 3 nitrogen and oxygen atoms in total. The van der Waals surface area contributed by atoms with E-state index in [9.17, 15) is 0 Å². The third-order valence-electron chi connectivity index (χ3n) is 2.46. The van der Waals surface area contributed by atoms with Crippen LogP contribution in [-0.2, 0) is 6.42 Å². The topological polar surface area (TPSA) is 48.7 Å². The molecule has 5 heteroatoms. The van der Waals surface area contributed by atoms with Gasteiger partial charge < -0.3 is 5.32 Å². The smallest absolute Gasteiger partial charge is 0.0992 e. The number of aryl methyl sites for hydroxylation is 1. The maximum absolute atomic E-state index is 8.78. The van der Waals surface area contributed by atoms with Gasteiger partial charge in [0.25, 0.3) is 0 Å². The van der Waals surface area contributed by atoms with E-state index in [2.05, 4.69) is 37.7 Å². The first-order valence-corrected chi connectivity index (χ1v) is 7.21. The summed E-state index contributed by atoms with van der Waals surface area (Å²) in [5.74, 6) is 0. The second-order valence-corrected chi connectivity index (χ2v) is 5.76. The van der Waals surface area contributed by atoms with Crippen LogP contribution in [0.15, 0.2) is 28.1 Å². The Morgan fingerprint density at radius 2 is 2.33 bits per heavy atom. The molecule has 0 spiro atoms. The molecule has 0 aliphatic carbocycles. The summed E-state index contributed by atoms with van der Waals surface area (Å²) >= 11 is 5.13. The molecule has 0 unspecified atom stereocenters. The summed E-state index contributed by atoms with van der Waals surface area (Å²) < 4.78 is 0.913. The van der Waals surface area contributed by atoms with Gasteiger partial charge in [0, 0.05) is 28.5 Å². The maximum atomic E-state index is 8.78. The van der Waals surface area contributed by atoms with Crippen LogP contribution in [0.25, 0.3) is 0 Å². The van der Waals surface area contributed by atoms with E-state index in [0.29, 0.717) is 5.56 Å². The molecule has 1 aromatic heterocycles. The van der Waals surface area contributed by atoms with Gasteiger partial charge in [-0.2, -0.15) is 5.26 Å². The van der Waals surface area contributed by atoms with Crippen molar-refractivity contribution in [2.45, 2.75) is 13.3 Å². The number of hydrogen-bond donors (Lipinski definition) is 1. The van der Waals surface area contributed by atoms with Crippen LogP contribution in [0.1, 0.15) is 16.3 Å². The molecule has 2 aromatic rings. The van der Waals surface area contributed by atoms with Gasteiger partial charge in [-0.1, -0.05) is 0 Å². The van der Waals surface area contributed by atoms with Crippen molar-refractivity contribution in [1.29, 1.82) is 5.26 Å². The number of hydrogen-bond acceptors (Lipinski definition) is 4. The Morgan fingerprint density at radius 3 is 2.94 bits per heavy atom. The van der Waals surface area contributed by atoms with Crippen LogP contribution in [0.3, 0.4) is 0 Å². The van der Waals surface area contributed by atoms with E-state index in [-0.39, 0.29) is 0 Å². The molecular weight excluding hydrogens is 310 g/mol. The average Bonchev–Trinajstić information content (AvgIpc) is 2.77. The van der Waals surface area contributed by atoms with E-state index >= 15 is 0 Å². The molecule has 0 amide bonds. The summed E-state index contributed by atoms with van der Waals surface area (Å²) in [5.41, 5.74) is 2.78. The molecule has 0 aliphatic heterocycles. The molecule has 2 rings (SSSR count). The quantitative estimate of drug-likeness (QED) is 0.933. The highest BCUT2D eigenvalue weighted by Crippen LogP contribution is 2.23. The lowest BCUT2D eigenvalue weighted by molar-refractivity contribution is 0.967. The van der Waals surface area contributed by atoms with E-state index in [1.807, 2.05) is 19.1 Å². The maximum Gasteiger partial charge on any atom is 0.0992 e. The Labute approximate surface area is 119 Å². The van der Waals surface area contributed by atoms with Crippen molar-refractivity contribution in [3.8, 4) is 6.07 Å². The van der Waals surface area contributed by atoms with Crippen molar-refractivity contribution < 1.29 is 0 Å². The van der Waals surface area contributed by atoms with Crippen molar-refractivity contribution in [3.63, 3.8) is 0 Å². The van der Waals surface area contributed by atoms with Gasteiger partial charge >= 0.3 is 0 Å². The van der Waals surface area contributed by atoms with Gasteiger partial charge in [0.05, 0.1) is 22.3 Å². The van der Waals surface area contributed by atoms with Gasteiger partial charge in [0.1, 0.15) is 0 Å². The molecule has 0 saturated carbocycles. The van der Waals surface area contributed by atoms with Gasteiger partial charge in [-0.05, 0) is 41.1 Å². The van der Waals surface area contributed by atoms with E-state index in [4.69, 9.17) is 5.26 Å². The monoisotopic (exact) mass is 321 g/mol. The Kier molecular flexibility index (Phi) is 4.34. The number of nitrogens with one attached hydrogen (secondary N) is 1. The molecule has 0 fully saturated rings. The predicted octanol–water partition coefficient (Wildman–Crippen LogP) is 3.74. The summed E-state index contributed by atoms with van der Waals surface area (Å²) in [6.45, 7) is 2.84. The molecule has 0 atom stereocenters. The second kappa shape index (κ2) is 5.98. The number of halogens is 1. The van der Waals surface area contributed by atoms with Crippen LogP contribution in [0.2, 0.25) is 0 Å². The Morgan fingerprint density at radius 1 is 1.50 bits per heavy atom. The van der Waals surface area contributed by atoms with Crippen molar-refractivity contribution in [2.24, 2.45) is 0 Å². The zero-order valence-corrected chi connectivity index (χ0v) is 12.3. The Balaban J connectivity index is 1.92. The molecule has 1 heterocycles. The first-order chi connectivity index (χ1) is 8.69. The van der Waals surface area contributed by atoms with Crippen LogP contribution in [-0.4, -0.2) is 11.5 Å². The standard InChI is InChI=1S/C13H12BrN3S/c1-9-17-11(8-18-9)4-5-16-13-3-2-10(7-15)6-12(13)14/h2-3,6,8,16H,4-5H2,1H3. The summed E-state index contributed by atoms with van der Waals surface area (Å²) in [5, 5.41) is 15.3. The molecule has 1 aromatic carbocycles. The van der Waals surface area contributed by atoms with Crippen LogP contribution in [0.5, 0.6) is 0 Å². The number of nitrogens with zero attached hydrogens (tertiary/aromatic N) is 2. The number of nitriles is 1. The molecule has 1 N–H and O–H groups in total. The summed E-state index contributed by atoms with van der Waals surface area (Å²) in [7, 11) is 0. The zero-order chi connectivity index (χ0) is 13.0. The summed E-state index contributed by atoms with van der Waals surface area (Å²) in [4.78, 5) is 4.42. The van der Waals surface area contributed by atoms with Gasteiger partial charge in [-0.25, -0.2) is 4.98 Å². The highest BCUT2D eigenvalue weighted by Gasteiger charge is 2.02. The minimum Gasteiger partial charge on any atom is -0.384 e. The van der Waals surface area contributed by atoms with Gasteiger partial charge in [0.15, 0.2) is 0 Å². The number of thiazole rings is 1. The molecule has 0 radical (unpaired) electrons. The number of rotatable bonds is 4. The highest BCUT2D eigenvalue weighted by molar-refractivity contribution is 9.10. The van der Waals surface area contributed by atoms with Crippen LogP contribution >= 0.6 is 27.3 Å². The van der Waals surface area contributed by atoms with E-state index in [1.54, 1.807) is 17.4 Å². The Bertz CT molecular complexity index is 586. The minimum absolute atomic E-state index is 0.655. The van der Waals surface area contributed by atoms with Crippen molar-refractivity contribution >= 4 is 33.0 Å². The number of anilines is 1. The molecule has 92 valence electrons. The third-order valence-corrected chi connectivity index (χ3v) is 3.94. The molecule has 18 heavy (non-hydrogen) atoms. The fraction of sp³-hybridized carbons (Fsp3) is 0.231. The zero-order valence-electron chi connectivity index (χ0n) is 9.90.